The zero-order chi connectivity index (χ0) is 15.0. The van der Waals surface area contributed by atoms with E-state index in [-0.39, 0.29) is 17.5 Å². The summed E-state index contributed by atoms with van der Waals surface area (Å²) in [7, 11) is 0. The van der Waals surface area contributed by atoms with Gasteiger partial charge in [0, 0.05) is 12.1 Å². The van der Waals surface area contributed by atoms with Gasteiger partial charge in [-0.05, 0) is 29.3 Å². The summed E-state index contributed by atoms with van der Waals surface area (Å²) in [6, 6.07) is 11.4. The Balaban J connectivity index is 1.88. The summed E-state index contributed by atoms with van der Waals surface area (Å²) in [5.74, 6) is -0.831. The minimum atomic E-state index is -0.713. The Kier molecular flexibility index (Phi) is 3.66. The number of carbonyl (C=O) groups excluding carboxylic acids is 1. The summed E-state index contributed by atoms with van der Waals surface area (Å²) in [4.78, 5) is 14.0. The number of rotatable bonds is 1. The highest BCUT2D eigenvalue weighted by Crippen LogP contribution is 2.27. The van der Waals surface area contributed by atoms with Crippen LogP contribution in [0.5, 0.6) is 0 Å². The molecule has 5 heteroatoms. The van der Waals surface area contributed by atoms with Crippen LogP contribution in [0.1, 0.15) is 27.6 Å². The minimum Gasteiger partial charge on any atom is -0.387 e. The maximum absolute atomic E-state index is 13.2. The molecule has 2 aromatic rings. The van der Waals surface area contributed by atoms with Crippen LogP contribution in [-0.4, -0.2) is 22.5 Å². The predicted octanol–water partition coefficient (Wildman–Crippen LogP) is 3.17. The van der Waals surface area contributed by atoms with Crippen LogP contribution in [0.4, 0.5) is 4.39 Å². The normalized spacial score (nSPS) is 17.5. The number of amides is 1. The highest BCUT2D eigenvalue weighted by atomic mass is 35.5. The molecule has 3 rings (SSSR count). The molecule has 0 aliphatic carbocycles. The van der Waals surface area contributed by atoms with Gasteiger partial charge in [-0.1, -0.05) is 35.9 Å². The molecule has 1 N–H and O–H groups in total. The van der Waals surface area contributed by atoms with E-state index in [0.29, 0.717) is 12.1 Å². The molecule has 1 amide bonds. The molecule has 0 spiro atoms. The Bertz CT molecular complexity index is 704. The topological polar surface area (TPSA) is 40.5 Å². The van der Waals surface area contributed by atoms with Crippen LogP contribution in [-0.2, 0) is 6.54 Å². The van der Waals surface area contributed by atoms with E-state index in [9.17, 15) is 14.3 Å². The second-order valence-electron chi connectivity index (χ2n) is 5.03. The number of aliphatic hydroxyl groups is 1. The van der Waals surface area contributed by atoms with Crippen molar-refractivity contribution >= 4 is 17.5 Å². The second-order valence-corrected chi connectivity index (χ2v) is 5.44. The molecule has 0 saturated heterocycles. The van der Waals surface area contributed by atoms with Gasteiger partial charge >= 0.3 is 0 Å². The standard InChI is InChI=1S/C16H13ClFNO2/c17-13-7-10(5-6-14(13)18)16(21)19-8-11-3-1-2-4-12(11)15(20)9-19/h1-7,15,20H,8-9H2/t15-/m1/s1. The van der Waals surface area contributed by atoms with Crippen molar-refractivity contribution in [2.24, 2.45) is 0 Å². The molecule has 0 fully saturated rings. The second kappa shape index (κ2) is 5.47. The highest BCUT2D eigenvalue weighted by Gasteiger charge is 2.27. The van der Waals surface area contributed by atoms with E-state index in [4.69, 9.17) is 11.6 Å². The summed E-state index contributed by atoms with van der Waals surface area (Å²) in [5.41, 5.74) is 2.07. The third-order valence-corrected chi connectivity index (χ3v) is 3.91. The molecule has 2 aromatic carbocycles. The Morgan fingerprint density at radius 1 is 1.29 bits per heavy atom. The maximum Gasteiger partial charge on any atom is 0.254 e. The Morgan fingerprint density at radius 2 is 2.05 bits per heavy atom. The number of β-amino-alcohol motifs (C(OH)–C–C–N with tert-alkyl or cyclic N) is 1. The molecule has 1 aliphatic rings. The molecule has 3 nitrogen and oxygen atoms in total. The molecule has 1 aliphatic heterocycles. The van der Waals surface area contributed by atoms with E-state index in [1.807, 2.05) is 24.3 Å². The number of fused-ring (bicyclic) bond motifs is 1. The van der Waals surface area contributed by atoms with Crippen molar-refractivity contribution in [3.05, 3.63) is 70.0 Å². The summed E-state index contributed by atoms with van der Waals surface area (Å²) in [6.45, 7) is 0.631. The van der Waals surface area contributed by atoms with Crippen molar-refractivity contribution in [1.82, 2.24) is 4.90 Å². The summed E-state index contributed by atoms with van der Waals surface area (Å²) in [6.07, 6.45) is -0.713. The van der Waals surface area contributed by atoms with E-state index in [1.54, 1.807) is 0 Å². The van der Waals surface area contributed by atoms with Crippen LogP contribution >= 0.6 is 11.6 Å². The number of hydrogen-bond donors (Lipinski definition) is 1. The predicted molar refractivity (Wildman–Crippen MR) is 77.6 cm³/mol. The largest absolute Gasteiger partial charge is 0.387 e. The number of halogens is 2. The third-order valence-electron chi connectivity index (χ3n) is 3.62. The van der Waals surface area contributed by atoms with E-state index in [0.717, 1.165) is 11.1 Å². The molecule has 21 heavy (non-hydrogen) atoms. The van der Waals surface area contributed by atoms with Crippen molar-refractivity contribution in [2.45, 2.75) is 12.6 Å². The van der Waals surface area contributed by atoms with Gasteiger partial charge in [0.25, 0.3) is 5.91 Å². The Morgan fingerprint density at radius 3 is 2.81 bits per heavy atom. The smallest absolute Gasteiger partial charge is 0.254 e. The fourth-order valence-corrected chi connectivity index (χ4v) is 2.73. The summed E-state index contributed by atoms with van der Waals surface area (Å²) in [5, 5.41) is 10.1. The number of aliphatic hydroxyl groups excluding tert-OH is 1. The molecular formula is C16H13ClFNO2. The van der Waals surface area contributed by atoms with Gasteiger partial charge in [0.1, 0.15) is 5.82 Å². The zero-order valence-electron chi connectivity index (χ0n) is 11.1. The fraction of sp³-hybridized carbons (Fsp3) is 0.188. The summed E-state index contributed by atoms with van der Waals surface area (Å²) >= 11 is 5.71. The quantitative estimate of drug-likeness (QED) is 0.879. The van der Waals surface area contributed by atoms with Crippen LogP contribution < -0.4 is 0 Å². The molecule has 0 saturated carbocycles. The van der Waals surface area contributed by atoms with Crippen molar-refractivity contribution in [1.29, 1.82) is 0 Å². The number of hydrogen-bond acceptors (Lipinski definition) is 2. The third kappa shape index (κ3) is 2.64. The van der Waals surface area contributed by atoms with Crippen molar-refractivity contribution in [3.8, 4) is 0 Å². The number of benzene rings is 2. The summed E-state index contributed by atoms with van der Waals surface area (Å²) < 4.78 is 13.2. The molecule has 1 heterocycles. The van der Waals surface area contributed by atoms with Gasteiger partial charge in [-0.3, -0.25) is 4.79 Å². The van der Waals surface area contributed by atoms with Crippen LogP contribution in [0.15, 0.2) is 42.5 Å². The van der Waals surface area contributed by atoms with Gasteiger partial charge in [-0.2, -0.15) is 0 Å². The lowest BCUT2D eigenvalue weighted by atomic mass is 9.97. The van der Waals surface area contributed by atoms with Gasteiger partial charge in [0.05, 0.1) is 17.7 Å². The highest BCUT2D eigenvalue weighted by molar-refractivity contribution is 6.31. The first-order valence-electron chi connectivity index (χ1n) is 6.56. The lowest BCUT2D eigenvalue weighted by Gasteiger charge is -2.32. The van der Waals surface area contributed by atoms with Gasteiger partial charge in [-0.25, -0.2) is 4.39 Å². The molecule has 0 bridgehead atoms. The van der Waals surface area contributed by atoms with Gasteiger partial charge in [-0.15, -0.1) is 0 Å². The molecule has 0 unspecified atom stereocenters. The molecule has 108 valence electrons. The van der Waals surface area contributed by atoms with Crippen molar-refractivity contribution in [3.63, 3.8) is 0 Å². The van der Waals surface area contributed by atoms with E-state index in [1.165, 1.54) is 23.1 Å². The first kappa shape index (κ1) is 14.0. The maximum atomic E-state index is 13.2. The molecule has 1 atom stereocenters. The van der Waals surface area contributed by atoms with Gasteiger partial charge < -0.3 is 10.0 Å². The number of carbonyl (C=O) groups is 1. The Labute approximate surface area is 126 Å². The lowest BCUT2D eigenvalue weighted by molar-refractivity contribution is 0.0550. The van der Waals surface area contributed by atoms with Crippen molar-refractivity contribution in [2.75, 3.05) is 6.54 Å². The molecular weight excluding hydrogens is 293 g/mol. The SMILES string of the molecule is O=C(c1ccc(F)c(Cl)c1)N1Cc2ccccc2[C@H](O)C1. The minimum absolute atomic E-state index is 0.0844. The first-order chi connectivity index (χ1) is 10.1. The van der Waals surface area contributed by atoms with Crippen molar-refractivity contribution < 1.29 is 14.3 Å². The molecule has 0 radical (unpaired) electrons. The van der Waals surface area contributed by atoms with Crippen LogP contribution in [0, 0.1) is 5.82 Å². The average Bonchev–Trinajstić information content (AvgIpc) is 2.49. The van der Waals surface area contributed by atoms with Gasteiger partial charge in [0.2, 0.25) is 0 Å². The van der Waals surface area contributed by atoms with Gasteiger partial charge in [0.15, 0.2) is 0 Å². The zero-order valence-corrected chi connectivity index (χ0v) is 11.8. The van der Waals surface area contributed by atoms with E-state index in [2.05, 4.69) is 0 Å². The fourth-order valence-electron chi connectivity index (χ4n) is 2.55. The lowest BCUT2D eigenvalue weighted by Crippen LogP contribution is -2.38. The van der Waals surface area contributed by atoms with Crippen LogP contribution in [0.2, 0.25) is 5.02 Å². The van der Waals surface area contributed by atoms with E-state index >= 15 is 0 Å². The molecule has 0 aromatic heterocycles. The van der Waals surface area contributed by atoms with Crippen LogP contribution in [0.25, 0.3) is 0 Å². The number of nitrogens with zero attached hydrogens (tertiary/aromatic N) is 1. The van der Waals surface area contributed by atoms with E-state index < -0.39 is 11.9 Å². The van der Waals surface area contributed by atoms with Crippen LogP contribution in [0.3, 0.4) is 0 Å². The average molecular weight is 306 g/mol. The Hall–Kier alpha value is -1.91. The monoisotopic (exact) mass is 305 g/mol. The first-order valence-corrected chi connectivity index (χ1v) is 6.94.